The Hall–Kier alpha value is -2.78. The predicted molar refractivity (Wildman–Crippen MR) is 110 cm³/mol. The van der Waals surface area contributed by atoms with Crippen LogP contribution in [0.25, 0.3) is 0 Å². The lowest BCUT2D eigenvalue weighted by Gasteiger charge is -2.12. The molecule has 7 nitrogen and oxygen atoms in total. The van der Waals surface area contributed by atoms with Gasteiger partial charge in [-0.1, -0.05) is 11.8 Å². The fraction of sp³-hybridized carbons (Fsp3) is 0.211. The predicted octanol–water partition coefficient (Wildman–Crippen LogP) is 5.08. The van der Waals surface area contributed by atoms with Gasteiger partial charge in [0.15, 0.2) is 4.34 Å². The third kappa shape index (κ3) is 4.37. The highest BCUT2D eigenvalue weighted by Gasteiger charge is 2.20. The fourth-order valence-electron chi connectivity index (χ4n) is 2.76. The number of hydrogen-bond donors (Lipinski definition) is 1. The molecule has 0 unspecified atom stereocenters. The lowest BCUT2D eigenvalue weighted by Crippen LogP contribution is -2.15. The molecule has 2 heterocycles. The number of benzene rings is 1. The summed E-state index contributed by atoms with van der Waals surface area (Å²) >= 11 is 2.64. The van der Waals surface area contributed by atoms with Crippen molar-refractivity contribution >= 4 is 40.4 Å². The maximum atomic E-state index is 12.7. The Kier molecular flexibility index (Phi) is 5.76. The van der Waals surface area contributed by atoms with Gasteiger partial charge >= 0.3 is 0 Å². The highest BCUT2D eigenvalue weighted by atomic mass is 32.2. The summed E-state index contributed by atoms with van der Waals surface area (Å²) in [7, 11) is 0. The number of pyridine rings is 1. The molecule has 0 atom stereocenters. The number of nitro benzene ring substituents is 1. The summed E-state index contributed by atoms with van der Waals surface area (Å²) in [5.41, 5.74) is 4.03. The van der Waals surface area contributed by atoms with Gasteiger partial charge < -0.3 is 5.32 Å². The van der Waals surface area contributed by atoms with Crippen molar-refractivity contribution in [2.45, 2.75) is 36.9 Å². The van der Waals surface area contributed by atoms with Gasteiger partial charge in [-0.25, -0.2) is 4.98 Å². The van der Waals surface area contributed by atoms with Gasteiger partial charge in [0.25, 0.3) is 11.6 Å². The quantitative estimate of drug-likeness (QED) is 0.462. The number of carbonyl (C=O) groups is 1. The van der Waals surface area contributed by atoms with E-state index in [0.29, 0.717) is 16.3 Å². The average molecular weight is 415 g/mol. The second-order valence-electron chi connectivity index (χ2n) is 6.29. The van der Waals surface area contributed by atoms with Crippen LogP contribution >= 0.6 is 23.1 Å². The first kappa shape index (κ1) is 20.0. The summed E-state index contributed by atoms with van der Waals surface area (Å²) in [6.45, 7) is 7.45. The lowest BCUT2D eigenvalue weighted by molar-refractivity contribution is -0.387. The van der Waals surface area contributed by atoms with Crippen molar-refractivity contribution in [1.29, 1.82) is 0 Å². The second-order valence-corrected chi connectivity index (χ2v) is 8.44. The first-order chi connectivity index (χ1) is 13.2. The van der Waals surface area contributed by atoms with Crippen LogP contribution in [0.5, 0.6) is 0 Å². The Labute approximate surface area is 170 Å². The molecule has 0 bridgehead atoms. The summed E-state index contributed by atoms with van der Waals surface area (Å²) < 4.78 is 0.717. The summed E-state index contributed by atoms with van der Waals surface area (Å²) in [5.74, 6) is -0.415. The van der Waals surface area contributed by atoms with E-state index in [1.807, 2.05) is 39.1 Å². The van der Waals surface area contributed by atoms with Crippen molar-refractivity contribution in [3.05, 3.63) is 68.0 Å². The molecule has 0 saturated heterocycles. The van der Waals surface area contributed by atoms with E-state index in [1.165, 1.54) is 29.2 Å². The van der Waals surface area contributed by atoms with Gasteiger partial charge in [-0.05, 0) is 51.5 Å². The number of carbonyl (C=O) groups excluding carboxylic acids is 1. The molecule has 0 spiro atoms. The number of nitro groups is 1. The largest absolute Gasteiger partial charge is 0.320 e. The van der Waals surface area contributed by atoms with Crippen molar-refractivity contribution in [1.82, 2.24) is 9.97 Å². The van der Waals surface area contributed by atoms with E-state index in [0.717, 1.165) is 21.3 Å². The van der Waals surface area contributed by atoms with Crippen molar-refractivity contribution in [3.8, 4) is 0 Å². The van der Waals surface area contributed by atoms with Crippen LogP contribution in [-0.4, -0.2) is 20.8 Å². The second kappa shape index (κ2) is 8.07. The summed E-state index contributed by atoms with van der Waals surface area (Å²) in [4.78, 5) is 32.8. The van der Waals surface area contributed by atoms with Crippen LogP contribution in [0.2, 0.25) is 0 Å². The molecule has 28 heavy (non-hydrogen) atoms. The molecule has 1 aromatic carbocycles. The van der Waals surface area contributed by atoms with Crippen LogP contribution < -0.4 is 5.32 Å². The number of amides is 1. The van der Waals surface area contributed by atoms with Gasteiger partial charge in [-0.15, -0.1) is 11.3 Å². The Balaban J connectivity index is 1.89. The molecule has 0 aliphatic carbocycles. The molecular formula is C19H18N4O3S2. The number of aromatic nitrogens is 2. The Morgan fingerprint density at radius 1 is 1.14 bits per heavy atom. The van der Waals surface area contributed by atoms with E-state index in [9.17, 15) is 14.9 Å². The van der Waals surface area contributed by atoms with Gasteiger partial charge in [0.2, 0.25) is 0 Å². The van der Waals surface area contributed by atoms with E-state index in [4.69, 9.17) is 0 Å². The van der Waals surface area contributed by atoms with Gasteiger partial charge in [-0.2, -0.15) is 0 Å². The van der Waals surface area contributed by atoms with E-state index >= 15 is 0 Å². The topological polar surface area (TPSA) is 98.0 Å². The number of aryl methyl sites for hydroxylation is 4. The number of rotatable bonds is 5. The van der Waals surface area contributed by atoms with Crippen molar-refractivity contribution in [2.75, 3.05) is 5.32 Å². The molecule has 3 aromatic rings. The van der Waals surface area contributed by atoms with Gasteiger partial charge in [0.05, 0.1) is 21.2 Å². The number of nitrogens with one attached hydrogen (secondary N) is 1. The summed E-state index contributed by atoms with van der Waals surface area (Å²) in [6, 6.07) is 6.34. The van der Waals surface area contributed by atoms with Crippen molar-refractivity contribution in [3.63, 3.8) is 0 Å². The lowest BCUT2D eigenvalue weighted by atomic mass is 10.1. The van der Waals surface area contributed by atoms with E-state index in [-0.39, 0.29) is 11.3 Å². The van der Waals surface area contributed by atoms with Crippen LogP contribution in [0.15, 0.2) is 38.9 Å². The SMILES string of the molecule is Cc1csc(Sc2ccc(C(=O)Nc3c(C)cc(C)nc3C)cc2[N+](=O)[O-])n1. The van der Waals surface area contributed by atoms with Gasteiger partial charge in [0.1, 0.15) is 0 Å². The number of anilines is 1. The molecule has 3 rings (SSSR count). The number of hydrogen-bond acceptors (Lipinski definition) is 7. The molecule has 0 fully saturated rings. The molecule has 0 radical (unpaired) electrons. The molecule has 1 amide bonds. The normalized spacial score (nSPS) is 10.7. The van der Waals surface area contributed by atoms with Crippen molar-refractivity contribution < 1.29 is 9.72 Å². The zero-order chi connectivity index (χ0) is 20.4. The molecular weight excluding hydrogens is 396 g/mol. The third-order valence-electron chi connectivity index (χ3n) is 3.98. The van der Waals surface area contributed by atoms with Gasteiger partial charge in [0, 0.05) is 28.4 Å². The van der Waals surface area contributed by atoms with E-state index in [1.54, 1.807) is 12.1 Å². The zero-order valence-corrected chi connectivity index (χ0v) is 17.4. The minimum atomic E-state index is -0.483. The van der Waals surface area contributed by atoms with E-state index < -0.39 is 10.8 Å². The summed E-state index contributed by atoms with van der Waals surface area (Å²) in [6.07, 6.45) is 0. The third-order valence-corrected chi connectivity index (χ3v) is 6.10. The Bertz CT molecular complexity index is 1060. The molecule has 144 valence electrons. The highest BCUT2D eigenvalue weighted by molar-refractivity contribution is 8.01. The maximum absolute atomic E-state index is 12.7. The van der Waals surface area contributed by atoms with E-state index in [2.05, 4.69) is 15.3 Å². The first-order valence-electron chi connectivity index (χ1n) is 8.39. The molecule has 9 heteroatoms. The number of thiazole rings is 1. The smallest absolute Gasteiger partial charge is 0.284 e. The molecule has 2 aromatic heterocycles. The zero-order valence-electron chi connectivity index (χ0n) is 15.8. The molecule has 0 aliphatic rings. The van der Waals surface area contributed by atoms with Crippen LogP contribution in [0, 0.1) is 37.8 Å². The maximum Gasteiger partial charge on any atom is 0.284 e. The Morgan fingerprint density at radius 3 is 2.50 bits per heavy atom. The number of nitrogens with zero attached hydrogens (tertiary/aromatic N) is 3. The molecule has 0 aliphatic heterocycles. The monoisotopic (exact) mass is 414 g/mol. The average Bonchev–Trinajstić information content (AvgIpc) is 3.02. The standard InChI is InChI=1S/C19H18N4O3S2/c1-10-7-11(2)20-13(4)17(10)22-18(24)14-5-6-16(15(8-14)23(25)26)28-19-21-12(3)9-27-19/h5-9H,1-4H3,(H,22,24). The van der Waals surface area contributed by atoms with Crippen LogP contribution in [0.1, 0.15) is 33.0 Å². The minimum Gasteiger partial charge on any atom is -0.320 e. The van der Waals surface area contributed by atoms with Gasteiger partial charge in [-0.3, -0.25) is 19.9 Å². The van der Waals surface area contributed by atoms with Crippen LogP contribution in [-0.2, 0) is 0 Å². The minimum absolute atomic E-state index is 0.124. The summed E-state index contributed by atoms with van der Waals surface area (Å²) in [5, 5.41) is 16.2. The van der Waals surface area contributed by atoms with Crippen LogP contribution in [0.4, 0.5) is 11.4 Å². The molecule has 0 saturated carbocycles. The molecule has 1 N–H and O–H groups in total. The Morgan fingerprint density at radius 2 is 1.89 bits per heavy atom. The van der Waals surface area contributed by atoms with Crippen LogP contribution in [0.3, 0.4) is 0 Å². The first-order valence-corrected chi connectivity index (χ1v) is 10.1. The van der Waals surface area contributed by atoms with Crippen molar-refractivity contribution in [2.24, 2.45) is 0 Å². The highest BCUT2D eigenvalue weighted by Crippen LogP contribution is 2.37. The fourth-order valence-corrected chi connectivity index (χ4v) is 4.64.